The average Bonchev–Trinajstić information content (AvgIpc) is 2.93. The van der Waals surface area contributed by atoms with Crippen LogP contribution in [-0.2, 0) is 9.53 Å². The first-order chi connectivity index (χ1) is 10.5. The van der Waals surface area contributed by atoms with Crippen molar-refractivity contribution in [2.45, 2.75) is 20.0 Å². The van der Waals surface area contributed by atoms with Gasteiger partial charge in [-0.2, -0.15) is 0 Å². The van der Waals surface area contributed by atoms with E-state index < -0.39 is 11.9 Å². The van der Waals surface area contributed by atoms with E-state index in [1.807, 2.05) is 0 Å². The summed E-state index contributed by atoms with van der Waals surface area (Å²) in [7, 11) is 0. The van der Waals surface area contributed by atoms with Gasteiger partial charge in [-0.25, -0.2) is 9.59 Å². The Morgan fingerprint density at radius 1 is 1.23 bits per heavy atom. The van der Waals surface area contributed by atoms with Gasteiger partial charge in [-0.15, -0.1) is 0 Å². The molecule has 0 aliphatic rings. The Bertz CT molecular complexity index is 709. The minimum atomic E-state index is -1.05. The lowest BCUT2D eigenvalue weighted by molar-refractivity contribution is -0.131. The van der Waals surface area contributed by atoms with Gasteiger partial charge in [0.25, 0.3) is 0 Å². The summed E-state index contributed by atoms with van der Waals surface area (Å²) in [5.74, 6) is -0.470. The van der Waals surface area contributed by atoms with E-state index in [2.05, 4.69) is 0 Å². The lowest BCUT2D eigenvalue weighted by Crippen LogP contribution is -2.11. The third-order valence-electron chi connectivity index (χ3n) is 2.74. The summed E-state index contributed by atoms with van der Waals surface area (Å²) < 4.78 is 10.7. The Morgan fingerprint density at radius 2 is 2.00 bits per heavy atom. The van der Waals surface area contributed by atoms with E-state index >= 15 is 0 Å². The number of rotatable bonds is 5. The number of hydrogen-bond acceptors (Lipinski definition) is 4. The topological polar surface area (TPSA) is 76.7 Å². The van der Waals surface area contributed by atoms with Crippen LogP contribution in [0.25, 0.3) is 17.4 Å². The second-order valence-electron chi connectivity index (χ2n) is 4.91. The SMILES string of the molecule is CC(C)OC(=O)c1cccc(-c2ccc(/C=C/C(=O)O)o2)c1. The molecule has 0 bridgehead atoms. The van der Waals surface area contributed by atoms with Crippen LogP contribution in [0.5, 0.6) is 0 Å². The highest BCUT2D eigenvalue weighted by molar-refractivity contribution is 5.91. The standard InChI is InChI=1S/C17H16O5/c1-11(2)21-17(20)13-5-3-4-12(10-13)15-8-6-14(22-15)7-9-16(18)19/h3-11H,1-2H3,(H,18,19)/b9-7+. The molecule has 2 aromatic rings. The zero-order valence-corrected chi connectivity index (χ0v) is 12.3. The van der Waals surface area contributed by atoms with Gasteiger partial charge < -0.3 is 14.3 Å². The van der Waals surface area contributed by atoms with E-state index in [-0.39, 0.29) is 6.10 Å². The summed E-state index contributed by atoms with van der Waals surface area (Å²) >= 11 is 0. The molecule has 1 aromatic carbocycles. The highest BCUT2D eigenvalue weighted by Gasteiger charge is 2.11. The summed E-state index contributed by atoms with van der Waals surface area (Å²) in [4.78, 5) is 22.4. The molecule has 0 aliphatic carbocycles. The Balaban J connectivity index is 2.23. The predicted octanol–water partition coefficient (Wildman–Crippen LogP) is 3.61. The number of carboxylic acids is 1. The average molecular weight is 300 g/mol. The number of aliphatic carboxylic acids is 1. The summed E-state index contributed by atoms with van der Waals surface area (Å²) in [5.41, 5.74) is 1.15. The molecule has 0 spiro atoms. The molecule has 22 heavy (non-hydrogen) atoms. The molecule has 1 N–H and O–H groups in total. The van der Waals surface area contributed by atoms with E-state index in [0.29, 0.717) is 22.6 Å². The lowest BCUT2D eigenvalue weighted by atomic mass is 10.1. The number of esters is 1. The largest absolute Gasteiger partial charge is 0.478 e. The molecule has 5 nitrogen and oxygen atoms in total. The van der Waals surface area contributed by atoms with Crippen molar-refractivity contribution >= 4 is 18.0 Å². The molecule has 0 saturated heterocycles. The molecular formula is C17H16O5. The van der Waals surface area contributed by atoms with E-state index in [1.165, 1.54) is 6.08 Å². The summed E-state index contributed by atoms with van der Waals surface area (Å²) in [6.45, 7) is 3.57. The van der Waals surface area contributed by atoms with Gasteiger partial charge in [0.2, 0.25) is 0 Å². The van der Waals surface area contributed by atoms with Crippen LogP contribution in [0, 0.1) is 0 Å². The highest BCUT2D eigenvalue weighted by atomic mass is 16.5. The first-order valence-corrected chi connectivity index (χ1v) is 6.78. The quantitative estimate of drug-likeness (QED) is 0.674. The van der Waals surface area contributed by atoms with E-state index in [0.717, 1.165) is 6.08 Å². The third-order valence-corrected chi connectivity index (χ3v) is 2.74. The van der Waals surface area contributed by atoms with Crippen LogP contribution < -0.4 is 0 Å². The Kier molecular flexibility index (Phi) is 4.78. The van der Waals surface area contributed by atoms with Crippen LogP contribution in [0.3, 0.4) is 0 Å². The maximum absolute atomic E-state index is 11.9. The molecule has 114 valence electrons. The number of furan rings is 1. The number of hydrogen-bond donors (Lipinski definition) is 1. The first kappa shape index (κ1) is 15.6. The number of ether oxygens (including phenoxy) is 1. The van der Waals surface area contributed by atoms with Gasteiger partial charge in [-0.1, -0.05) is 12.1 Å². The van der Waals surface area contributed by atoms with Gasteiger partial charge in [0.1, 0.15) is 11.5 Å². The van der Waals surface area contributed by atoms with Gasteiger partial charge in [0.05, 0.1) is 11.7 Å². The fourth-order valence-electron chi connectivity index (χ4n) is 1.83. The molecule has 2 rings (SSSR count). The van der Waals surface area contributed by atoms with Gasteiger partial charge in [-0.3, -0.25) is 0 Å². The summed E-state index contributed by atoms with van der Waals surface area (Å²) in [5, 5.41) is 8.59. The lowest BCUT2D eigenvalue weighted by Gasteiger charge is -2.08. The molecule has 0 fully saturated rings. The van der Waals surface area contributed by atoms with E-state index in [4.69, 9.17) is 14.3 Å². The van der Waals surface area contributed by atoms with Crippen molar-refractivity contribution in [1.29, 1.82) is 0 Å². The van der Waals surface area contributed by atoms with Gasteiger partial charge >= 0.3 is 11.9 Å². The van der Waals surface area contributed by atoms with Crippen LogP contribution in [-0.4, -0.2) is 23.1 Å². The van der Waals surface area contributed by atoms with Gasteiger partial charge in [0, 0.05) is 11.6 Å². The zero-order valence-electron chi connectivity index (χ0n) is 12.3. The number of carbonyl (C=O) groups is 2. The summed E-state index contributed by atoms with van der Waals surface area (Å²) in [6.07, 6.45) is 2.18. The van der Waals surface area contributed by atoms with Crippen molar-refractivity contribution in [3.05, 3.63) is 53.8 Å². The minimum Gasteiger partial charge on any atom is -0.478 e. The van der Waals surface area contributed by atoms with Crippen molar-refractivity contribution in [1.82, 2.24) is 0 Å². The second-order valence-corrected chi connectivity index (χ2v) is 4.91. The number of benzene rings is 1. The molecule has 1 heterocycles. The van der Waals surface area contributed by atoms with Crippen LogP contribution in [0.4, 0.5) is 0 Å². The number of carbonyl (C=O) groups excluding carboxylic acids is 1. The Labute approximate surface area is 127 Å². The highest BCUT2D eigenvalue weighted by Crippen LogP contribution is 2.24. The van der Waals surface area contributed by atoms with Crippen molar-refractivity contribution in [2.75, 3.05) is 0 Å². The molecule has 0 saturated carbocycles. The van der Waals surface area contributed by atoms with Crippen molar-refractivity contribution < 1.29 is 23.8 Å². The van der Waals surface area contributed by atoms with Crippen molar-refractivity contribution in [2.24, 2.45) is 0 Å². The molecule has 1 aromatic heterocycles. The third kappa shape index (κ3) is 4.09. The fourth-order valence-corrected chi connectivity index (χ4v) is 1.83. The molecular weight excluding hydrogens is 284 g/mol. The maximum Gasteiger partial charge on any atom is 0.338 e. The maximum atomic E-state index is 11.9. The Morgan fingerprint density at radius 3 is 2.68 bits per heavy atom. The molecule has 5 heteroatoms. The van der Waals surface area contributed by atoms with E-state index in [1.54, 1.807) is 50.2 Å². The zero-order chi connectivity index (χ0) is 16.1. The van der Waals surface area contributed by atoms with Gasteiger partial charge in [0.15, 0.2) is 0 Å². The fraction of sp³-hybridized carbons (Fsp3) is 0.176. The predicted molar refractivity (Wildman–Crippen MR) is 81.4 cm³/mol. The first-order valence-electron chi connectivity index (χ1n) is 6.78. The van der Waals surface area contributed by atoms with Gasteiger partial charge in [-0.05, 0) is 44.2 Å². The minimum absolute atomic E-state index is 0.187. The van der Waals surface area contributed by atoms with Crippen LogP contribution in [0.2, 0.25) is 0 Å². The summed E-state index contributed by atoms with van der Waals surface area (Å²) in [6, 6.07) is 10.3. The van der Waals surface area contributed by atoms with Crippen molar-refractivity contribution in [3.8, 4) is 11.3 Å². The molecule has 0 unspecified atom stereocenters. The smallest absolute Gasteiger partial charge is 0.338 e. The Hall–Kier alpha value is -2.82. The number of carboxylic acid groups (broad SMARTS) is 1. The van der Waals surface area contributed by atoms with E-state index in [9.17, 15) is 9.59 Å². The van der Waals surface area contributed by atoms with Crippen molar-refractivity contribution in [3.63, 3.8) is 0 Å². The normalized spacial score (nSPS) is 11.0. The monoisotopic (exact) mass is 300 g/mol. The molecule has 0 amide bonds. The molecule has 0 aliphatic heterocycles. The molecule has 0 radical (unpaired) electrons. The molecule has 0 atom stereocenters. The second kappa shape index (κ2) is 6.76. The van der Waals surface area contributed by atoms with Crippen LogP contribution in [0.1, 0.15) is 30.0 Å². The van der Waals surface area contributed by atoms with Crippen LogP contribution in [0.15, 0.2) is 46.9 Å². The van der Waals surface area contributed by atoms with Crippen LogP contribution >= 0.6 is 0 Å².